The molecule has 3 rings (SSSR count). The molecule has 1 saturated heterocycles. The van der Waals surface area contributed by atoms with Gasteiger partial charge in [-0.15, -0.1) is 5.10 Å². The number of carbonyl (C=O) groups is 2. The molecule has 2 amide bonds. The second-order valence-electron chi connectivity index (χ2n) is 5.45. The molecule has 0 unspecified atom stereocenters. The summed E-state index contributed by atoms with van der Waals surface area (Å²) in [5, 5.41) is 10.9. The monoisotopic (exact) mass is 404 g/mol. The number of amidine groups is 1. The van der Waals surface area contributed by atoms with Gasteiger partial charge in [-0.2, -0.15) is 5.10 Å². The molecule has 0 aliphatic carbocycles. The number of anilines is 1. The summed E-state index contributed by atoms with van der Waals surface area (Å²) in [6.07, 6.45) is 1.18. The number of para-hydroxylation sites is 1. The lowest BCUT2D eigenvalue weighted by Crippen LogP contribution is -2.37. The molecular weight excluding hydrogens is 391 g/mol. The first-order valence-electron chi connectivity index (χ1n) is 7.87. The Balaban J connectivity index is 1.69. The van der Waals surface area contributed by atoms with Gasteiger partial charge < -0.3 is 5.32 Å². The quantitative estimate of drug-likeness (QED) is 0.613. The maximum Gasteiger partial charge on any atom is 0.244 e. The summed E-state index contributed by atoms with van der Waals surface area (Å²) in [5.41, 5.74) is 0.735. The van der Waals surface area contributed by atoms with Crippen LogP contribution in [0.4, 0.5) is 10.1 Å². The van der Waals surface area contributed by atoms with E-state index in [1.54, 1.807) is 24.3 Å². The molecule has 0 saturated carbocycles. The number of nitrogens with zero attached hydrogens (tertiary/aromatic N) is 3. The molecule has 0 bridgehead atoms. The van der Waals surface area contributed by atoms with E-state index in [9.17, 15) is 14.0 Å². The van der Waals surface area contributed by atoms with Gasteiger partial charge in [-0.25, -0.2) is 4.39 Å². The second-order valence-corrected chi connectivity index (χ2v) is 6.79. The van der Waals surface area contributed by atoms with Crippen LogP contribution >= 0.6 is 23.4 Å². The fourth-order valence-electron chi connectivity index (χ4n) is 2.26. The Morgan fingerprint density at radius 2 is 2.04 bits per heavy atom. The topological polar surface area (TPSA) is 74.1 Å². The number of rotatable bonds is 5. The van der Waals surface area contributed by atoms with Crippen molar-refractivity contribution in [1.29, 1.82) is 0 Å². The van der Waals surface area contributed by atoms with Gasteiger partial charge in [0.2, 0.25) is 11.8 Å². The summed E-state index contributed by atoms with van der Waals surface area (Å²) in [6, 6.07) is 13.2. The lowest BCUT2D eigenvalue weighted by molar-refractivity contribution is -0.128. The lowest BCUT2D eigenvalue weighted by Gasteiger charge is -2.14. The number of thioether (sulfide) groups is 1. The fraction of sp³-hybridized carbons (Fsp3) is 0.111. The standard InChI is InChI=1S/C18H14ClFN4O2S/c19-14-7-4-8-15(20)13(14)9-21-23-18-24(17(26)11-27-18)10-16(25)22-12-5-2-1-3-6-12/h1-9H,10-11H2,(H,22,25)/b21-9+,23-18-. The van der Waals surface area contributed by atoms with Crippen molar-refractivity contribution in [2.75, 3.05) is 17.6 Å². The molecule has 0 radical (unpaired) electrons. The van der Waals surface area contributed by atoms with Crippen molar-refractivity contribution >= 4 is 52.2 Å². The lowest BCUT2D eigenvalue weighted by atomic mass is 10.2. The van der Waals surface area contributed by atoms with E-state index in [1.165, 1.54) is 29.3 Å². The predicted octanol–water partition coefficient (Wildman–Crippen LogP) is 3.38. The molecule has 1 fully saturated rings. The van der Waals surface area contributed by atoms with Gasteiger partial charge in [0.1, 0.15) is 12.4 Å². The van der Waals surface area contributed by atoms with E-state index in [0.29, 0.717) is 5.69 Å². The van der Waals surface area contributed by atoms with E-state index in [4.69, 9.17) is 11.6 Å². The smallest absolute Gasteiger partial charge is 0.244 e. The van der Waals surface area contributed by atoms with Gasteiger partial charge in [-0.05, 0) is 24.3 Å². The minimum atomic E-state index is -0.527. The van der Waals surface area contributed by atoms with E-state index in [2.05, 4.69) is 15.5 Å². The largest absolute Gasteiger partial charge is 0.325 e. The van der Waals surface area contributed by atoms with Crippen LogP contribution in [0.15, 0.2) is 58.7 Å². The average Bonchev–Trinajstić information content (AvgIpc) is 2.98. The number of hydrogen-bond acceptors (Lipinski definition) is 5. The van der Waals surface area contributed by atoms with Gasteiger partial charge in [0.25, 0.3) is 0 Å². The summed E-state index contributed by atoms with van der Waals surface area (Å²) in [4.78, 5) is 25.4. The summed E-state index contributed by atoms with van der Waals surface area (Å²) < 4.78 is 13.7. The fourth-order valence-corrected chi connectivity index (χ4v) is 3.31. The normalized spacial score (nSPS) is 15.7. The highest BCUT2D eigenvalue weighted by Gasteiger charge is 2.30. The van der Waals surface area contributed by atoms with E-state index >= 15 is 0 Å². The zero-order valence-electron chi connectivity index (χ0n) is 13.9. The van der Waals surface area contributed by atoms with Crippen LogP contribution in [-0.4, -0.2) is 40.4 Å². The first-order valence-corrected chi connectivity index (χ1v) is 9.24. The molecule has 27 heavy (non-hydrogen) atoms. The molecule has 1 aliphatic rings. The van der Waals surface area contributed by atoms with E-state index < -0.39 is 5.82 Å². The molecule has 0 spiro atoms. The maximum atomic E-state index is 13.7. The number of halogens is 2. The van der Waals surface area contributed by atoms with E-state index in [0.717, 1.165) is 11.8 Å². The number of amides is 2. The van der Waals surface area contributed by atoms with Crippen molar-refractivity contribution < 1.29 is 14.0 Å². The van der Waals surface area contributed by atoms with Crippen molar-refractivity contribution in [1.82, 2.24) is 4.90 Å². The molecule has 0 atom stereocenters. The van der Waals surface area contributed by atoms with Gasteiger partial charge in [0.15, 0.2) is 5.17 Å². The third-order valence-electron chi connectivity index (χ3n) is 3.55. The number of benzene rings is 2. The third-order valence-corrected chi connectivity index (χ3v) is 4.83. The molecule has 1 aliphatic heterocycles. The summed E-state index contributed by atoms with van der Waals surface area (Å²) >= 11 is 7.08. The van der Waals surface area contributed by atoms with E-state index in [1.807, 2.05) is 6.07 Å². The average molecular weight is 405 g/mol. The van der Waals surface area contributed by atoms with E-state index in [-0.39, 0.29) is 39.9 Å². The first kappa shape index (κ1) is 19.1. The van der Waals surface area contributed by atoms with Crippen molar-refractivity contribution in [3.8, 4) is 0 Å². The van der Waals surface area contributed by atoms with Gasteiger partial charge in [-0.3, -0.25) is 14.5 Å². The molecular formula is C18H14ClFN4O2S. The highest BCUT2D eigenvalue weighted by molar-refractivity contribution is 8.15. The van der Waals surface area contributed by atoms with Crippen LogP contribution in [0.5, 0.6) is 0 Å². The number of carbonyl (C=O) groups excluding carboxylic acids is 2. The third kappa shape index (κ3) is 4.93. The molecule has 1 heterocycles. The van der Waals surface area contributed by atoms with Crippen LogP contribution in [-0.2, 0) is 9.59 Å². The Labute approximate surface area is 164 Å². The van der Waals surface area contributed by atoms with Gasteiger partial charge in [-0.1, -0.05) is 47.6 Å². The predicted molar refractivity (Wildman–Crippen MR) is 106 cm³/mol. The van der Waals surface area contributed by atoms with Crippen molar-refractivity contribution in [3.63, 3.8) is 0 Å². The van der Waals surface area contributed by atoms with Crippen molar-refractivity contribution in [2.24, 2.45) is 10.2 Å². The molecule has 0 aromatic heterocycles. The van der Waals surface area contributed by atoms with Gasteiger partial charge in [0, 0.05) is 11.3 Å². The maximum absolute atomic E-state index is 13.7. The SMILES string of the molecule is O=C(CN1C(=O)CS/C1=N\N=C\c1c(F)cccc1Cl)Nc1ccccc1. The molecule has 2 aromatic carbocycles. The zero-order valence-corrected chi connectivity index (χ0v) is 15.5. The van der Waals surface area contributed by atoms with Crippen LogP contribution in [0, 0.1) is 5.82 Å². The molecule has 2 aromatic rings. The minimum absolute atomic E-state index is 0.103. The highest BCUT2D eigenvalue weighted by Crippen LogP contribution is 2.20. The number of hydrogen-bond donors (Lipinski definition) is 1. The molecule has 138 valence electrons. The summed E-state index contributed by atoms with van der Waals surface area (Å²) in [5.74, 6) is -0.972. The van der Waals surface area contributed by atoms with Crippen LogP contribution in [0.1, 0.15) is 5.56 Å². The Hall–Kier alpha value is -2.71. The molecule has 9 heteroatoms. The Bertz CT molecular complexity index is 901. The zero-order chi connectivity index (χ0) is 19.2. The van der Waals surface area contributed by atoms with Crippen LogP contribution < -0.4 is 5.32 Å². The second kappa shape index (κ2) is 8.79. The molecule has 6 nitrogen and oxygen atoms in total. The van der Waals surface area contributed by atoms with Crippen LogP contribution in [0.3, 0.4) is 0 Å². The van der Waals surface area contributed by atoms with Crippen LogP contribution in [0.25, 0.3) is 0 Å². The van der Waals surface area contributed by atoms with Crippen molar-refractivity contribution in [2.45, 2.75) is 0 Å². The summed E-state index contributed by atoms with van der Waals surface area (Å²) in [7, 11) is 0. The molecule has 1 N–H and O–H groups in total. The Morgan fingerprint density at radius 3 is 2.78 bits per heavy atom. The highest BCUT2D eigenvalue weighted by atomic mass is 35.5. The van der Waals surface area contributed by atoms with Gasteiger partial charge in [0.05, 0.1) is 17.0 Å². The number of nitrogens with one attached hydrogen (secondary N) is 1. The van der Waals surface area contributed by atoms with Crippen LogP contribution in [0.2, 0.25) is 5.02 Å². The van der Waals surface area contributed by atoms with Gasteiger partial charge >= 0.3 is 0 Å². The Morgan fingerprint density at radius 1 is 1.26 bits per heavy atom. The summed E-state index contributed by atoms with van der Waals surface area (Å²) in [6.45, 7) is -0.185. The first-order chi connectivity index (χ1) is 13.0. The van der Waals surface area contributed by atoms with Crippen molar-refractivity contribution in [3.05, 3.63) is 64.9 Å². The Kier molecular flexibility index (Phi) is 6.20. The minimum Gasteiger partial charge on any atom is -0.325 e.